The maximum atomic E-state index is 13.9. The second-order valence-corrected chi connectivity index (χ2v) is 12.5. The zero-order chi connectivity index (χ0) is 28.5. The molecule has 1 spiro atoms. The van der Waals surface area contributed by atoms with Crippen LogP contribution in [0.1, 0.15) is 38.3 Å². The Hall–Kier alpha value is -3.30. The molecule has 1 aromatic heterocycles. The van der Waals surface area contributed by atoms with E-state index in [2.05, 4.69) is 34.4 Å². The Morgan fingerprint density at radius 2 is 1.70 bits per heavy atom. The number of carbonyl (C=O) groups excluding carboxylic acids is 3. The Morgan fingerprint density at radius 1 is 1.02 bits per heavy atom. The number of nitrogens with one attached hydrogen (secondary N) is 2. The molecule has 0 bridgehead atoms. The molecule has 3 aliphatic rings. The standard InChI is InChI=1S/C31H41N5O4/c1-21(40-17-23-8-6-5-7-9-23)26(28(38)32-4)34-27(37)25-16-35(15-22-10-12-33-13-11-22)18-31(25)19-36(20-31)29(39)24-14-30(24,2)3/h5-13,21,24-26H,14-20H2,1-4H3,(H,32,38)(H,34,37)/t21-,24-,25+,26+/m1/s1. The van der Waals surface area contributed by atoms with Crippen LogP contribution in [0.5, 0.6) is 0 Å². The second-order valence-electron chi connectivity index (χ2n) is 12.5. The molecule has 3 fully saturated rings. The van der Waals surface area contributed by atoms with E-state index in [1.54, 1.807) is 19.4 Å². The summed E-state index contributed by atoms with van der Waals surface area (Å²) in [4.78, 5) is 48.2. The predicted molar refractivity (Wildman–Crippen MR) is 151 cm³/mol. The summed E-state index contributed by atoms with van der Waals surface area (Å²) < 4.78 is 6.03. The fourth-order valence-electron chi connectivity index (χ4n) is 6.30. The number of nitrogens with zero attached hydrogens (tertiary/aromatic N) is 3. The highest BCUT2D eigenvalue weighted by molar-refractivity contribution is 5.90. The third kappa shape index (κ3) is 5.90. The molecular formula is C31H41N5O4. The van der Waals surface area contributed by atoms with Gasteiger partial charge in [0.05, 0.1) is 18.6 Å². The minimum Gasteiger partial charge on any atom is -0.371 e. The highest BCUT2D eigenvalue weighted by atomic mass is 16.5. The van der Waals surface area contributed by atoms with Crippen LogP contribution in [0.15, 0.2) is 54.9 Å². The van der Waals surface area contributed by atoms with Gasteiger partial charge in [-0.3, -0.25) is 24.3 Å². The van der Waals surface area contributed by atoms with Crippen molar-refractivity contribution in [1.82, 2.24) is 25.4 Å². The van der Waals surface area contributed by atoms with Crippen molar-refractivity contribution in [3.8, 4) is 0 Å². The Morgan fingerprint density at radius 3 is 2.33 bits per heavy atom. The first kappa shape index (κ1) is 28.2. The summed E-state index contributed by atoms with van der Waals surface area (Å²) in [6.45, 7) is 9.52. The fraction of sp³-hybridized carbons (Fsp3) is 0.548. The number of ether oxygens (including phenoxy) is 1. The first-order valence-electron chi connectivity index (χ1n) is 14.2. The third-order valence-corrected chi connectivity index (χ3v) is 8.98. The number of amides is 3. The maximum Gasteiger partial charge on any atom is 0.245 e. The van der Waals surface area contributed by atoms with Gasteiger partial charge in [0.15, 0.2) is 0 Å². The number of benzene rings is 1. The molecular weight excluding hydrogens is 506 g/mol. The minimum atomic E-state index is -0.836. The Labute approximate surface area is 236 Å². The number of hydrogen-bond acceptors (Lipinski definition) is 6. The van der Waals surface area contributed by atoms with E-state index in [-0.39, 0.29) is 40.4 Å². The largest absolute Gasteiger partial charge is 0.371 e. The second kappa shape index (κ2) is 11.3. The van der Waals surface area contributed by atoms with Gasteiger partial charge in [0.2, 0.25) is 17.7 Å². The molecule has 1 aromatic carbocycles. The zero-order valence-corrected chi connectivity index (χ0v) is 23.9. The number of rotatable bonds is 10. The highest BCUT2D eigenvalue weighted by Gasteiger charge is 2.61. The molecule has 2 N–H and O–H groups in total. The van der Waals surface area contributed by atoms with Crippen molar-refractivity contribution in [2.75, 3.05) is 33.2 Å². The van der Waals surface area contributed by atoms with Gasteiger partial charge in [0, 0.05) is 63.5 Å². The number of pyridine rings is 1. The topological polar surface area (TPSA) is 104 Å². The van der Waals surface area contributed by atoms with Crippen LogP contribution in [0.2, 0.25) is 0 Å². The van der Waals surface area contributed by atoms with Gasteiger partial charge in [0.25, 0.3) is 0 Å². The van der Waals surface area contributed by atoms with Gasteiger partial charge in [-0.15, -0.1) is 0 Å². The highest BCUT2D eigenvalue weighted by Crippen LogP contribution is 2.54. The third-order valence-electron chi connectivity index (χ3n) is 8.98. The minimum absolute atomic E-state index is 0.0658. The van der Waals surface area contributed by atoms with Gasteiger partial charge >= 0.3 is 0 Å². The molecule has 1 aliphatic carbocycles. The molecule has 2 aliphatic heterocycles. The quantitative estimate of drug-likeness (QED) is 0.473. The molecule has 9 heteroatoms. The lowest BCUT2D eigenvalue weighted by molar-refractivity contribution is -0.152. The lowest BCUT2D eigenvalue weighted by atomic mass is 9.70. The normalized spacial score (nSPS) is 24.1. The van der Waals surface area contributed by atoms with E-state index in [1.165, 1.54) is 0 Å². The van der Waals surface area contributed by atoms with Crippen molar-refractivity contribution in [2.45, 2.75) is 52.5 Å². The molecule has 3 heterocycles. The molecule has 0 radical (unpaired) electrons. The van der Waals surface area contributed by atoms with Gasteiger partial charge in [0.1, 0.15) is 6.04 Å². The summed E-state index contributed by atoms with van der Waals surface area (Å²) in [5, 5.41) is 5.71. The summed E-state index contributed by atoms with van der Waals surface area (Å²) in [5.74, 6) is -0.532. The van der Waals surface area contributed by atoms with Gasteiger partial charge in [-0.25, -0.2) is 0 Å². The van der Waals surface area contributed by atoms with E-state index >= 15 is 0 Å². The molecule has 5 rings (SSSR count). The van der Waals surface area contributed by atoms with E-state index in [0.717, 1.165) is 24.1 Å². The van der Waals surface area contributed by atoms with E-state index in [9.17, 15) is 14.4 Å². The number of hydrogen-bond donors (Lipinski definition) is 2. The van der Waals surface area contributed by atoms with E-state index in [1.807, 2.05) is 54.3 Å². The monoisotopic (exact) mass is 547 g/mol. The molecule has 2 aromatic rings. The van der Waals surface area contributed by atoms with Gasteiger partial charge < -0.3 is 20.3 Å². The Balaban J connectivity index is 1.29. The van der Waals surface area contributed by atoms with Crippen LogP contribution in [0.3, 0.4) is 0 Å². The molecule has 40 heavy (non-hydrogen) atoms. The van der Waals surface area contributed by atoms with Crippen molar-refractivity contribution in [3.63, 3.8) is 0 Å². The van der Waals surface area contributed by atoms with Crippen LogP contribution in [0.4, 0.5) is 0 Å². The lowest BCUT2D eigenvalue weighted by Crippen LogP contribution is -2.65. The Bertz CT molecular complexity index is 1210. The van der Waals surface area contributed by atoms with Crippen molar-refractivity contribution >= 4 is 17.7 Å². The van der Waals surface area contributed by atoms with Crippen LogP contribution in [-0.4, -0.2) is 77.9 Å². The van der Waals surface area contributed by atoms with Crippen LogP contribution >= 0.6 is 0 Å². The summed E-state index contributed by atoms with van der Waals surface area (Å²) in [5.41, 5.74) is 1.85. The number of carbonyl (C=O) groups is 3. The first-order chi connectivity index (χ1) is 19.1. The zero-order valence-electron chi connectivity index (χ0n) is 23.9. The smallest absolute Gasteiger partial charge is 0.245 e. The fourth-order valence-corrected chi connectivity index (χ4v) is 6.30. The van der Waals surface area contributed by atoms with Crippen LogP contribution in [0.25, 0.3) is 0 Å². The van der Waals surface area contributed by atoms with Crippen LogP contribution in [-0.2, 0) is 32.3 Å². The lowest BCUT2D eigenvalue weighted by Gasteiger charge is -2.51. The average Bonchev–Trinajstić information content (AvgIpc) is 3.41. The van der Waals surface area contributed by atoms with Crippen molar-refractivity contribution < 1.29 is 19.1 Å². The first-order valence-corrected chi connectivity index (χ1v) is 14.2. The molecule has 0 unspecified atom stereocenters. The van der Waals surface area contributed by atoms with E-state index in [4.69, 9.17) is 4.74 Å². The van der Waals surface area contributed by atoms with Crippen molar-refractivity contribution in [2.24, 2.45) is 22.7 Å². The summed E-state index contributed by atoms with van der Waals surface area (Å²) in [6.07, 6.45) is 3.93. The van der Waals surface area contributed by atoms with Crippen molar-refractivity contribution in [1.29, 1.82) is 0 Å². The molecule has 4 atom stereocenters. The molecule has 3 amide bonds. The Kier molecular flexibility index (Phi) is 7.97. The summed E-state index contributed by atoms with van der Waals surface area (Å²) in [6, 6.07) is 12.9. The molecule has 1 saturated carbocycles. The average molecular weight is 548 g/mol. The predicted octanol–water partition coefficient (Wildman–Crippen LogP) is 2.22. The number of likely N-dealkylation sites (tertiary alicyclic amines) is 2. The van der Waals surface area contributed by atoms with Crippen LogP contribution < -0.4 is 10.6 Å². The molecule has 9 nitrogen and oxygen atoms in total. The van der Waals surface area contributed by atoms with E-state index in [0.29, 0.717) is 32.8 Å². The summed E-state index contributed by atoms with van der Waals surface area (Å²) >= 11 is 0. The molecule has 2 saturated heterocycles. The van der Waals surface area contributed by atoms with Gasteiger partial charge in [-0.05, 0) is 42.0 Å². The maximum absolute atomic E-state index is 13.9. The number of likely N-dealkylation sites (N-methyl/N-ethyl adjacent to an activating group) is 1. The summed E-state index contributed by atoms with van der Waals surface area (Å²) in [7, 11) is 1.56. The van der Waals surface area contributed by atoms with Gasteiger partial charge in [-0.2, -0.15) is 0 Å². The van der Waals surface area contributed by atoms with E-state index < -0.39 is 12.1 Å². The molecule has 214 valence electrons. The van der Waals surface area contributed by atoms with Gasteiger partial charge in [-0.1, -0.05) is 44.2 Å². The SMILES string of the molecule is CNC(=O)[C@@H](NC(=O)[C@@H]1CN(Cc2ccncc2)CC12CN(C(=O)[C@H]1CC1(C)C)C2)[C@@H](C)OCc1ccccc1. The van der Waals surface area contributed by atoms with Crippen LogP contribution in [0, 0.1) is 22.7 Å². The number of aromatic nitrogens is 1. The van der Waals surface area contributed by atoms with Crippen molar-refractivity contribution in [3.05, 3.63) is 66.0 Å².